The fourth-order valence-electron chi connectivity index (χ4n) is 4.01. The predicted octanol–water partition coefficient (Wildman–Crippen LogP) is 6.66. The highest BCUT2D eigenvalue weighted by molar-refractivity contribution is 7.06. The Bertz CT molecular complexity index is 1260. The van der Waals surface area contributed by atoms with Gasteiger partial charge in [0.25, 0.3) is 0 Å². The number of anilines is 1. The Labute approximate surface area is 234 Å². The summed E-state index contributed by atoms with van der Waals surface area (Å²) < 4.78 is 16.0. The van der Waals surface area contributed by atoms with Crippen LogP contribution in [0.1, 0.15) is 46.0 Å². The number of methoxy groups -OCH3 is 1. The largest absolute Gasteiger partial charge is 0.465 e. The van der Waals surface area contributed by atoms with Gasteiger partial charge in [-0.05, 0) is 54.6 Å². The molecule has 4 rings (SSSR count). The van der Waals surface area contributed by atoms with Crippen molar-refractivity contribution in [1.82, 2.24) is 9.36 Å². The summed E-state index contributed by atoms with van der Waals surface area (Å²) in [4.78, 5) is 19.4. The van der Waals surface area contributed by atoms with E-state index in [1.54, 1.807) is 35.2 Å². The molecule has 0 spiro atoms. The van der Waals surface area contributed by atoms with Crippen LogP contribution in [0.15, 0.2) is 48.1 Å². The second-order valence-electron chi connectivity index (χ2n) is 8.54. The first kappa shape index (κ1) is 27.8. The number of esters is 1. The third-order valence-electron chi connectivity index (χ3n) is 5.93. The summed E-state index contributed by atoms with van der Waals surface area (Å²) in [5.74, 6) is 0.367. The van der Waals surface area contributed by atoms with Crippen molar-refractivity contribution < 1.29 is 19.4 Å². The highest BCUT2D eigenvalue weighted by Crippen LogP contribution is 2.48. The Morgan fingerprint density at radius 3 is 2.65 bits per heavy atom. The maximum Gasteiger partial charge on any atom is 0.338 e. The first-order valence-corrected chi connectivity index (χ1v) is 13.5. The van der Waals surface area contributed by atoms with Crippen molar-refractivity contribution in [3.8, 4) is 11.3 Å². The molecule has 11 heteroatoms. The number of carbonyl (C=O) groups is 1. The quantitative estimate of drug-likeness (QED) is 0.189. The molecule has 2 aromatic heterocycles. The van der Waals surface area contributed by atoms with Crippen molar-refractivity contribution in [2.45, 2.75) is 38.0 Å². The van der Waals surface area contributed by atoms with Crippen LogP contribution in [-0.4, -0.2) is 46.9 Å². The Morgan fingerprint density at radius 2 is 2.03 bits per heavy atom. The zero-order valence-corrected chi connectivity index (χ0v) is 23.2. The maximum atomic E-state index is 12.1. The minimum Gasteiger partial charge on any atom is -0.465 e. The molecule has 1 N–H and O–H groups in total. The molecule has 0 aliphatic heterocycles. The highest BCUT2D eigenvalue weighted by atomic mass is 35.5. The van der Waals surface area contributed by atoms with Gasteiger partial charge < -0.3 is 19.5 Å². The third kappa shape index (κ3) is 6.63. The molecule has 0 amide bonds. The van der Waals surface area contributed by atoms with E-state index in [-0.39, 0.29) is 26.2 Å². The molecule has 1 fully saturated rings. The average Bonchev–Trinajstić information content (AvgIpc) is 3.64. The molecule has 196 valence electrons. The summed E-state index contributed by atoms with van der Waals surface area (Å²) in [6.07, 6.45) is 3.30. The molecule has 1 atom stereocenters. The van der Waals surface area contributed by atoms with Crippen LogP contribution in [0, 0.1) is 0 Å². The van der Waals surface area contributed by atoms with E-state index in [2.05, 4.69) is 11.6 Å². The van der Waals surface area contributed by atoms with Crippen LogP contribution in [0.5, 0.6) is 0 Å². The number of aliphatic hydroxyl groups is 1. The number of rotatable bonds is 12. The molecule has 3 aromatic rings. The molecule has 37 heavy (non-hydrogen) atoms. The van der Waals surface area contributed by atoms with Gasteiger partial charge in [0.1, 0.15) is 12.0 Å². The van der Waals surface area contributed by atoms with E-state index in [4.69, 9.17) is 48.7 Å². The van der Waals surface area contributed by atoms with Crippen LogP contribution in [0.3, 0.4) is 0 Å². The molecule has 1 unspecified atom stereocenters. The Morgan fingerprint density at radius 1 is 1.30 bits per heavy atom. The third-order valence-corrected chi connectivity index (χ3v) is 7.77. The van der Waals surface area contributed by atoms with Crippen molar-refractivity contribution in [1.29, 1.82) is 0 Å². The smallest absolute Gasteiger partial charge is 0.338 e. The van der Waals surface area contributed by atoms with Gasteiger partial charge in [0.2, 0.25) is 0 Å². The number of carbonyl (C=O) groups excluding carboxylic acids is 1. The molecule has 2 heterocycles. The average molecular weight is 583 g/mol. The van der Waals surface area contributed by atoms with Gasteiger partial charge >= 0.3 is 5.97 Å². The summed E-state index contributed by atoms with van der Waals surface area (Å²) in [7, 11) is 1.31. The van der Waals surface area contributed by atoms with E-state index >= 15 is 0 Å². The van der Waals surface area contributed by atoms with Crippen LogP contribution < -0.4 is 4.90 Å². The fourth-order valence-corrected chi connectivity index (χ4v) is 5.76. The first-order valence-electron chi connectivity index (χ1n) is 11.6. The normalized spacial score (nSPS) is 13.9. The van der Waals surface area contributed by atoms with E-state index in [9.17, 15) is 9.90 Å². The maximum absolute atomic E-state index is 12.1. The van der Waals surface area contributed by atoms with E-state index in [1.165, 1.54) is 24.8 Å². The molecule has 1 aliphatic rings. The molecule has 0 bridgehead atoms. The zero-order valence-electron chi connectivity index (χ0n) is 20.1. The molecular weight excluding hydrogens is 557 g/mol. The van der Waals surface area contributed by atoms with Gasteiger partial charge in [-0.15, -0.1) is 0 Å². The summed E-state index contributed by atoms with van der Waals surface area (Å²) in [6, 6.07) is 8.51. The predicted molar refractivity (Wildman–Crippen MR) is 148 cm³/mol. The van der Waals surface area contributed by atoms with Crippen LogP contribution in [0.25, 0.3) is 11.3 Å². The number of pyridine rings is 1. The lowest BCUT2D eigenvalue weighted by Gasteiger charge is -2.32. The minimum atomic E-state index is -0.640. The molecule has 0 saturated heterocycles. The first-order chi connectivity index (χ1) is 17.8. The highest BCUT2D eigenvalue weighted by Gasteiger charge is 2.32. The Balaban J connectivity index is 1.68. The van der Waals surface area contributed by atoms with Gasteiger partial charge in [-0.2, -0.15) is 4.37 Å². The van der Waals surface area contributed by atoms with Crippen molar-refractivity contribution in [3.05, 3.63) is 74.2 Å². The molecule has 1 aromatic carbocycles. The summed E-state index contributed by atoms with van der Waals surface area (Å²) >= 11 is 20.7. The van der Waals surface area contributed by atoms with Crippen molar-refractivity contribution in [2.75, 3.05) is 25.2 Å². The Kier molecular flexibility index (Phi) is 9.45. The minimum absolute atomic E-state index is 0.174. The molecular formula is C26H26Cl3N3O4S. The zero-order chi connectivity index (χ0) is 26.5. The van der Waals surface area contributed by atoms with Gasteiger partial charge in [0.05, 0.1) is 41.6 Å². The van der Waals surface area contributed by atoms with Crippen molar-refractivity contribution >= 4 is 58.1 Å². The van der Waals surface area contributed by atoms with Gasteiger partial charge in [-0.25, -0.2) is 9.78 Å². The summed E-state index contributed by atoms with van der Waals surface area (Å²) in [5.41, 5.74) is 2.62. The van der Waals surface area contributed by atoms with Gasteiger partial charge in [0, 0.05) is 40.2 Å². The lowest BCUT2D eigenvalue weighted by molar-refractivity contribution is 0.0368. The van der Waals surface area contributed by atoms with Gasteiger partial charge in [-0.3, -0.25) is 0 Å². The monoisotopic (exact) mass is 581 g/mol. The van der Waals surface area contributed by atoms with Crippen LogP contribution in [-0.2, 0) is 16.1 Å². The lowest BCUT2D eigenvalue weighted by Crippen LogP contribution is -2.40. The van der Waals surface area contributed by atoms with E-state index in [0.29, 0.717) is 43.6 Å². The van der Waals surface area contributed by atoms with E-state index in [1.807, 2.05) is 0 Å². The van der Waals surface area contributed by atoms with Gasteiger partial charge in [0.15, 0.2) is 0 Å². The van der Waals surface area contributed by atoms with E-state index < -0.39 is 12.2 Å². The van der Waals surface area contributed by atoms with Crippen molar-refractivity contribution in [3.63, 3.8) is 0 Å². The molecule has 1 aliphatic carbocycles. The summed E-state index contributed by atoms with van der Waals surface area (Å²) in [5, 5.41) is 11.2. The number of hydrogen-bond donors (Lipinski definition) is 1. The van der Waals surface area contributed by atoms with Crippen molar-refractivity contribution in [2.24, 2.45) is 0 Å². The topological polar surface area (TPSA) is 84.8 Å². The number of hydrogen-bond acceptors (Lipinski definition) is 8. The van der Waals surface area contributed by atoms with Crippen LogP contribution in [0.4, 0.5) is 5.82 Å². The van der Waals surface area contributed by atoms with Crippen LogP contribution in [0.2, 0.25) is 10.0 Å². The number of nitrogens with zero attached hydrogens (tertiary/aromatic N) is 3. The van der Waals surface area contributed by atoms with Crippen LogP contribution >= 0.6 is 46.3 Å². The number of benzene rings is 1. The van der Waals surface area contributed by atoms with E-state index in [0.717, 1.165) is 23.3 Å². The van der Waals surface area contributed by atoms with Gasteiger partial charge in [-0.1, -0.05) is 47.4 Å². The fraction of sp³-hybridized carbons (Fsp3) is 0.346. The molecule has 7 nitrogen and oxygen atoms in total. The SMILES string of the molecule is C=C(Cl)CC(OCc1c(-c2c(Cl)cccc2Cl)nsc1C1CC1)N(CCO)c1cc(C(=O)OC)ccn1. The number of aromatic nitrogens is 2. The second-order valence-corrected chi connectivity index (χ2v) is 10.7. The molecule has 1 saturated carbocycles. The molecule has 0 radical (unpaired) electrons. The number of halogens is 3. The number of ether oxygens (including phenoxy) is 2. The Hall–Kier alpha value is -2.20. The number of aliphatic hydroxyl groups excluding tert-OH is 1. The lowest BCUT2D eigenvalue weighted by atomic mass is 10.0. The summed E-state index contributed by atoms with van der Waals surface area (Å²) in [6.45, 7) is 4.05. The second kappa shape index (κ2) is 12.6. The standard InChI is InChI=1S/C26H26Cl3N3O4S/c1-15(27)12-22(32(10-11-33)21-13-17(8-9-30-21)26(34)35-2)36-14-18-24(31-37-25(18)16-6-7-16)23-19(28)4-3-5-20(23)29/h3-5,8-9,13,16,22,33H,1,6-7,10-12,14H2,2H3.